The van der Waals surface area contributed by atoms with E-state index in [-0.39, 0.29) is 22.6 Å². The van der Waals surface area contributed by atoms with Crippen LogP contribution in [0.5, 0.6) is 28.7 Å². The van der Waals surface area contributed by atoms with Crippen LogP contribution in [0.2, 0.25) is 0 Å². The highest BCUT2D eigenvalue weighted by atomic mass is 16.5. The first-order chi connectivity index (χ1) is 10.7. The van der Waals surface area contributed by atoms with Crippen LogP contribution in [0, 0.1) is 0 Å². The highest BCUT2D eigenvalue weighted by Gasteiger charge is 2.32. The van der Waals surface area contributed by atoms with Crippen molar-refractivity contribution in [3.8, 4) is 28.7 Å². The minimum absolute atomic E-state index is 0.00559. The third-order valence-electron chi connectivity index (χ3n) is 3.18. The number of fused-ring (bicyclic) bond motifs is 1. The van der Waals surface area contributed by atoms with E-state index in [9.17, 15) is 25.5 Å². The lowest BCUT2D eigenvalue weighted by Gasteiger charge is -2.31. The Morgan fingerprint density at radius 3 is 2.52 bits per heavy atom. The summed E-state index contributed by atoms with van der Waals surface area (Å²) in [5.41, 5.74) is -0.0350. The van der Waals surface area contributed by atoms with Crippen LogP contribution in [0.15, 0.2) is 30.3 Å². The summed E-state index contributed by atoms with van der Waals surface area (Å²) in [6, 6.07) is 5.59. The molecule has 0 bridgehead atoms. The second kappa shape index (κ2) is 4.75. The molecule has 5 N–H and O–H groups in total. The summed E-state index contributed by atoms with van der Waals surface area (Å²) < 4.78 is 21.9. The number of benzene rings is 2. The Morgan fingerprint density at radius 1 is 1.05 bits per heavy atom. The number of aromatic hydroxyl groups is 4. The van der Waals surface area contributed by atoms with Gasteiger partial charge in [0.2, 0.25) is 0 Å². The Morgan fingerprint density at radius 2 is 1.81 bits per heavy atom. The van der Waals surface area contributed by atoms with Gasteiger partial charge in [0.1, 0.15) is 23.3 Å². The number of ether oxygens (including phenoxy) is 1. The maximum absolute atomic E-state index is 10.3. The van der Waals surface area contributed by atoms with Crippen LogP contribution in [0.4, 0.5) is 0 Å². The van der Waals surface area contributed by atoms with Crippen molar-refractivity contribution in [3.63, 3.8) is 0 Å². The molecule has 21 heavy (non-hydrogen) atoms. The molecule has 1 aliphatic heterocycles. The third-order valence-corrected chi connectivity index (χ3v) is 3.18. The second-order valence-corrected chi connectivity index (χ2v) is 4.66. The molecule has 2 unspecified atom stereocenters. The molecular weight excluding hydrogens is 276 g/mol. The molecule has 0 saturated heterocycles. The van der Waals surface area contributed by atoms with Gasteiger partial charge >= 0.3 is 0 Å². The van der Waals surface area contributed by atoms with Crippen LogP contribution in [0.1, 0.15) is 19.9 Å². The van der Waals surface area contributed by atoms with Crippen molar-refractivity contribution >= 4 is 0 Å². The van der Waals surface area contributed by atoms with Gasteiger partial charge in [-0.15, -0.1) is 0 Å². The minimum Gasteiger partial charge on any atom is -0.508 e. The second-order valence-electron chi connectivity index (χ2n) is 4.66. The van der Waals surface area contributed by atoms with Gasteiger partial charge in [-0.3, -0.25) is 0 Å². The summed E-state index contributed by atoms with van der Waals surface area (Å²) in [6.07, 6.45) is -5.26. The van der Waals surface area contributed by atoms with Crippen LogP contribution in [0.25, 0.3) is 0 Å². The van der Waals surface area contributed by atoms with Gasteiger partial charge in [0.15, 0.2) is 11.5 Å². The van der Waals surface area contributed by atoms with Gasteiger partial charge in [-0.1, -0.05) is 6.07 Å². The van der Waals surface area contributed by atoms with E-state index in [2.05, 4.69) is 0 Å². The molecule has 0 aliphatic carbocycles. The smallest absolute Gasteiger partial charge is 0.157 e. The van der Waals surface area contributed by atoms with Gasteiger partial charge in [0, 0.05) is 25.5 Å². The van der Waals surface area contributed by atoms with Gasteiger partial charge < -0.3 is 30.3 Å². The van der Waals surface area contributed by atoms with Gasteiger partial charge in [-0.05, 0) is 17.7 Å². The average Bonchev–Trinajstić information content (AvgIpc) is 2.46. The number of aliphatic hydroxyl groups excluding tert-OH is 1. The number of hydrogen-bond acceptors (Lipinski definition) is 6. The van der Waals surface area contributed by atoms with E-state index in [1.165, 1.54) is 6.07 Å². The number of aliphatic hydroxyl groups is 1. The van der Waals surface area contributed by atoms with Gasteiger partial charge in [-0.25, -0.2) is 0 Å². The minimum atomic E-state index is -2.16. The van der Waals surface area contributed by atoms with E-state index in [0.717, 1.165) is 24.3 Å². The molecule has 3 rings (SSSR count). The zero-order chi connectivity index (χ0) is 16.9. The standard InChI is InChI=1S/C15H14O6/c16-8-4-11(18)9-6-13(20)15(21-14(9)5-8)7-1-2-10(17)12(19)3-7/h1-5,13,15-20H,6H2/t13-,15?/m1/s1/i6D,15D/t6?,13-,15?. The molecular formula is C15H14O6. The molecule has 110 valence electrons. The third kappa shape index (κ3) is 2.30. The lowest BCUT2D eigenvalue weighted by Crippen LogP contribution is -2.30. The SMILES string of the molecule is [2H]C1c2c(O)cc(O)cc2OC([2H])(c2ccc(O)c(O)c2)[C@@H]1O. The summed E-state index contributed by atoms with van der Waals surface area (Å²) >= 11 is 0. The number of phenolic OH excluding ortho intramolecular Hbond substituents is 4. The Hall–Kier alpha value is -2.60. The van der Waals surface area contributed by atoms with Crippen molar-refractivity contribution in [3.05, 3.63) is 41.5 Å². The Bertz CT molecular complexity index is 781. The topological polar surface area (TPSA) is 110 Å². The fourth-order valence-corrected chi connectivity index (χ4v) is 2.17. The van der Waals surface area contributed by atoms with Crippen molar-refractivity contribution in [1.29, 1.82) is 0 Å². The van der Waals surface area contributed by atoms with Crippen molar-refractivity contribution in [1.82, 2.24) is 0 Å². The first kappa shape index (κ1) is 11.1. The van der Waals surface area contributed by atoms with Crippen LogP contribution in [-0.2, 0) is 6.40 Å². The van der Waals surface area contributed by atoms with Crippen molar-refractivity contribution < 1.29 is 33.0 Å². The van der Waals surface area contributed by atoms with Crippen molar-refractivity contribution in [2.24, 2.45) is 0 Å². The van der Waals surface area contributed by atoms with Crippen LogP contribution in [-0.4, -0.2) is 31.6 Å². The molecule has 0 fully saturated rings. The normalized spacial score (nSPS) is 29.0. The summed E-state index contributed by atoms with van der Waals surface area (Å²) in [7, 11) is 0. The van der Waals surface area contributed by atoms with Gasteiger partial charge in [0.25, 0.3) is 0 Å². The van der Waals surface area contributed by atoms with Crippen LogP contribution in [0.3, 0.4) is 0 Å². The fraction of sp³-hybridized carbons (Fsp3) is 0.200. The molecule has 6 heteroatoms. The molecule has 3 atom stereocenters. The monoisotopic (exact) mass is 292 g/mol. The lowest BCUT2D eigenvalue weighted by molar-refractivity contribution is 0.0197. The molecule has 0 radical (unpaired) electrons. The van der Waals surface area contributed by atoms with E-state index in [1.54, 1.807) is 0 Å². The quantitative estimate of drug-likeness (QED) is 0.510. The first-order valence-electron chi connectivity index (χ1n) is 7.19. The fourth-order valence-electron chi connectivity index (χ4n) is 2.17. The predicted molar refractivity (Wildman–Crippen MR) is 72.6 cm³/mol. The zero-order valence-electron chi connectivity index (χ0n) is 12.7. The maximum atomic E-state index is 10.3. The van der Waals surface area contributed by atoms with Crippen molar-refractivity contribution in [2.75, 3.05) is 0 Å². The summed E-state index contributed by atoms with van der Waals surface area (Å²) in [6.45, 7) is 0. The summed E-state index contributed by atoms with van der Waals surface area (Å²) in [5, 5.41) is 48.7. The molecule has 0 spiro atoms. The largest absolute Gasteiger partial charge is 0.508 e. The highest BCUT2D eigenvalue weighted by Crippen LogP contribution is 2.42. The molecule has 1 heterocycles. The van der Waals surface area contributed by atoms with E-state index >= 15 is 0 Å². The first-order valence-corrected chi connectivity index (χ1v) is 6.11. The van der Waals surface area contributed by atoms with E-state index in [0.29, 0.717) is 0 Å². The van der Waals surface area contributed by atoms with Crippen molar-refractivity contribution in [2.45, 2.75) is 18.6 Å². The molecule has 0 aromatic heterocycles. The van der Waals surface area contributed by atoms with Gasteiger partial charge in [0.05, 0.1) is 7.47 Å². The average molecular weight is 292 g/mol. The molecule has 2 aromatic rings. The molecule has 6 nitrogen and oxygen atoms in total. The predicted octanol–water partition coefficient (Wildman–Crippen LogP) is 1.55. The zero-order valence-corrected chi connectivity index (χ0v) is 10.7. The van der Waals surface area contributed by atoms with Gasteiger partial charge in [-0.2, -0.15) is 0 Å². The van der Waals surface area contributed by atoms with E-state index in [4.69, 9.17) is 7.48 Å². The van der Waals surface area contributed by atoms with Crippen LogP contribution < -0.4 is 4.74 Å². The number of hydrogen-bond donors (Lipinski definition) is 5. The van der Waals surface area contributed by atoms with E-state index < -0.39 is 35.8 Å². The number of phenols is 4. The number of rotatable bonds is 1. The highest BCUT2D eigenvalue weighted by molar-refractivity contribution is 5.52. The molecule has 2 aromatic carbocycles. The van der Waals surface area contributed by atoms with Crippen LogP contribution >= 0.6 is 0 Å². The Balaban J connectivity index is 2.15. The molecule has 1 aliphatic rings. The molecule has 0 saturated carbocycles. The lowest BCUT2D eigenvalue weighted by atomic mass is 9.94. The van der Waals surface area contributed by atoms with E-state index in [1.807, 2.05) is 0 Å². The maximum Gasteiger partial charge on any atom is 0.157 e. The Kier molecular flexibility index (Phi) is 2.51. The summed E-state index contributed by atoms with van der Waals surface area (Å²) in [4.78, 5) is 0. The summed E-state index contributed by atoms with van der Waals surface area (Å²) in [5.74, 6) is -1.76. The Labute approximate surface area is 122 Å². The molecule has 0 amide bonds.